The lowest BCUT2D eigenvalue weighted by atomic mass is 10.1. The van der Waals surface area contributed by atoms with E-state index in [9.17, 15) is 8.42 Å². The molecule has 0 bridgehead atoms. The van der Waals surface area contributed by atoms with Crippen LogP contribution in [0.1, 0.15) is 26.2 Å². The second-order valence-corrected chi connectivity index (χ2v) is 7.06. The highest BCUT2D eigenvalue weighted by Gasteiger charge is 2.31. The van der Waals surface area contributed by atoms with Gasteiger partial charge in [-0.2, -0.15) is 4.31 Å². The number of hydrogen-bond acceptors (Lipinski definition) is 3. The molecule has 1 aliphatic rings. The van der Waals surface area contributed by atoms with E-state index in [-0.39, 0.29) is 21.1 Å². The molecule has 1 unspecified atom stereocenters. The standard InChI is InChI=1S/C11H14Cl2N2O2S/c1-8-4-2-3-5-15(8)18(16,17)9-6-10(12)11(13)14-7-9/h6-8H,2-5H2,1H3. The van der Waals surface area contributed by atoms with Crippen molar-refractivity contribution < 1.29 is 8.42 Å². The highest BCUT2D eigenvalue weighted by molar-refractivity contribution is 7.89. The summed E-state index contributed by atoms with van der Waals surface area (Å²) in [6, 6.07) is 1.37. The Labute approximate surface area is 117 Å². The van der Waals surface area contributed by atoms with Crippen LogP contribution in [0.3, 0.4) is 0 Å². The van der Waals surface area contributed by atoms with E-state index in [1.165, 1.54) is 16.6 Å². The quantitative estimate of drug-likeness (QED) is 0.789. The number of nitrogens with zero attached hydrogens (tertiary/aromatic N) is 2. The first kappa shape index (κ1) is 14.1. The molecule has 0 radical (unpaired) electrons. The van der Waals surface area contributed by atoms with Crippen LogP contribution in [0, 0.1) is 0 Å². The van der Waals surface area contributed by atoms with Crippen molar-refractivity contribution >= 4 is 33.2 Å². The number of aromatic nitrogens is 1. The summed E-state index contributed by atoms with van der Waals surface area (Å²) in [4.78, 5) is 3.89. The third-order valence-corrected chi connectivity index (χ3v) is 5.78. The van der Waals surface area contributed by atoms with Crippen molar-refractivity contribution in [3.8, 4) is 0 Å². The second kappa shape index (κ2) is 5.33. The Kier molecular flexibility index (Phi) is 4.16. The molecule has 4 nitrogen and oxygen atoms in total. The lowest BCUT2D eigenvalue weighted by molar-refractivity contribution is 0.268. The molecule has 1 aliphatic heterocycles. The van der Waals surface area contributed by atoms with E-state index >= 15 is 0 Å². The van der Waals surface area contributed by atoms with Crippen molar-refractivity contribution in [3.63, 3.8) is 0 Å². The fourth-order valence-electron chi connectivity index (χ4n) is 2.11. The van der Waals surface area contributed by atoms with Gasteiger partial charge in [-0.25, -0.2) is 13.4 Å². The van der Waals surface area contributed by atoms with Crippen LogP contribution < -0.4 is 0 Å². The van der Waals surface area contributed by atoms with Crippen LogP contribution in [0.25, 0.3) is 0 Å². The molecule has 0 N–H and O–H groups in total. The van der Waals surface area contributed by atoms with E-state index in [2.05, 4.69) is 4.98 Å². The van der Waals surface area contributed by atoms with Crippen LogP contribution in [0.4, 0.5) is 0 Å². The molecule has 18 heavy (non-hydrogen) atoms. The SMILES string of the molecule is CC1CCCCN1S(=O)(=O)c1cnc(Cl)c(Cl)c1. The van der Waals surface area contributed by atoms with Crippen molar-refractivity contribution in [1.29, 1.82) is 0 Å². The average molecular weight is 309 g/mol. The minimum absolute atomic E-state index is 0.0122. The summed E-state index contributed by atoms with van der Waals surface area (Å²) in [6.45, 7) is 2.46. The molecule has 0 aromatic carbocycles. The Balaban J connectivity index is 2.37. The van der Waals surface area contributed by atoms with Gasteiger partial charge < -0.3 is 0 Å². The minimum Gasteiger partial charge on any atom is -0.242 e. The monoisotopic (exact) mass is 308 g/mol. The first-order valence-corrected chi connectivity index (χ1v) is 7.95. The number of rotatable bonds is 2. The predicted molar refractivity (Wildman–Crippen MR) is 71.5 cm³/mol. The van der Waals surface area contributed by atoms with E-state index in [0.29, 0.717) is 6.54 Å². The topological polar surface area (TPSA) is 50.3 Å². The second-order valence-electron chi connectivity index (χ2n) is 4.40. The van der Waals surface area contributed by atoms with Crippen molar-refractivity contribution in [3.05, 3.63) is 22.4 Å². The zero-order valence-corrected chi connectivity index (χ0v) is 12.3. The van der Waals surface area contributed by atoms with Gasteiger partial charge in [0, 0.05) is 18.8 Å². The maximum absolute atomic E-state index is 12.4. The number of pyridine rings is 1. The normalized spacial score (nSPS) is 22.1. The molecule has 7 heteroatoms. The van der Waals surface area contributed by atoms with Crippen molar-refractivity contribution in [2.75, 3.05) is 6.54 Å². The van der Waals surface area contributed by atoms with Gasteiger partial charge in [0.05, 0.1) is 5.02 Å². The van der Waals surface area contributed by atoms with Gasteiger partial charge in [-0.1, -0.05) is 29.6 Å². The number of sulfonamides is 1. The van der Waals surface area contributed by atoms with E-state index in [0.717, 1.165) is 19.3 Å². The van der Waals surface area contributed by atoms with Gasteiger partial charge in [-0.15, -0.1) is 0 Å². The molecular formula is C11H14Cl2N2O2S. The maximum atomic E-state index is 12.4. The summed E-state index contributed by atoms with van der Waals surface area (Å²) in [5, 5.41) is 0.268. The minimum atomic E-state index is -3.52. The van der Waals surface area contributed by atoms with Crippen molar-refractivity contribution in [2.24, 2.45) is 0 Å². The van der Waals surface area contributed by atoms with Gasteiger partial charge in [0.25, 0.3) is 0 Å². The molecule has 1 aromatic rings. The largest absolute Gasteiger partial charge is 0.244 e. The Bertz CT molecular complexity index is 548. The molecule has 1 fully saturated rings. The lowest BCUT2D eigenvalue weighted by Crippen LogP contribution is -2.41. The molecule has 0 amide bonds. The van der Waals surface area contributed by atoms with E-state index < -0.39 is 10.0 Å². The fourth-order valence-corrected chi connectivity index (χ4v) is 4.12. The van der Waals surface area contributed by atoms with Crippen LogP contribution in [-0.2, 0) is 10.0 Å². The van der Waals surface area contributed by atoms with E-state index in [4.69, 9.17) is 23.2 Å². The summed E-state index contributed by atoms with van der Waals surface area (Å²) in [7, 11) is -3.52. The van der Waals surface area contributed by atoms with Crippen molar-refractivity contribution in [1.82, 2.24) is 9.29 Å². The number of piperidine rings is 1. The van der Waals surface area contributed by atoms with Gasteiger partial charge in [0.15, 0.2) is 0 Å². The number of hydrogen-bond donors (Lipinski definition) is 0. The summed E-state index contributed by atoms with van der Waals surface area (Å²) in [5.41, 5.74) is 0. The molecular weight excluding hydrogens is 295 g/mol. The molecule has 1 saturated heterocycles. The molecule has 0 aliphatic carbocycles. The molecule has 2 rings (SSSR count). The highest BCUT2D eigenvalue weighted by atomic mass is 35.5. The first-order valence-electron chi connectivity index (χ1n) is 5.76. The van der Waals surface area contributed by atoms with Crippen LogP contribution in [0.15, 0.2) is 17.2 Å². The molecule has 100 valence electrons. The smallest absolute Gasteiger partial charge is 0.242 e. The van der Waals surface area contributed by atoms with Crippen LogP contribution in [0.2, 0.25) is 10.2 Å². The third-order valence-electron chi connectivity index (χ3n) is 3.12. The van der Waals surface area contributed by atoms with Crippen LogP contribution >= 0.6 is 23.2 Å². The Hall–Kier alpha value is -0.360. The van der Waals surface area contributed by atoms with Gasteiger partial charge in [0.1, 0.15) is 10.0 Å². The Morgan fingerprint density at radius 2 is 2.11 bits per heavy atom. The predicted octanol–water partition coefficient (Wildman–Crippen LogP) is 2.95. The summed E-state index contributed by atoms with van der Waals surface area (Å²) >= 11 is 11.5. The van der Waals surface area contributed by atoms with Crippen LogP contribution in [0.5, 0.6) is 0 Å². The Morgan fingerprint density at radius 3 is 2.72 bits per heavy atom. The molecule has 0 spiro atoms. The molecule has 0 saturated carbocycles. The Morgan fingerprint density at radius 1 is 1.39 bits per heavy atom. The third kappa shape index (κ3) is 2.64. The van der Waals surface area contributed by atoms with Crippen LogP contribution in [-0.4, -0.2) is 30.3 Å². The van der Waals surface area contributed by atoms with Gasteiger partial charge in [0.2, 0.25) is 10.0 Å². The summed E-state index contributed by atoms with van der Waals surface area (Å²) < 4.78 is 26.4. The summed E-state index contributed by atoms with van der Waals surface area (Å²) in [6.07, 6.45) is 4.09. The van der Waals surface area contributed by atoms with E-state index in [1.54, 1.807) is 0 Å². The van der Waals surface area contributed by atoms with Crippen molar-refractivity contribution in [2.45, 2.75) is 37.1 Å². The first-order chi connectivity index (χ1) is 8.43. The van der Waals surface area contributed by atoms with Gasteiger partial charge in [-0.05, 0) is 25.8 Å². The fraction of sp³-hybridized carbons (Fsp3) is 0.545. The summed E-state index contributed by atoms with van der Waals surface area (Å²) in [5.74, 6) is 0. The van der Waals surface area contributed by atoms with Gasteiger partial charge in [-0.3, -0.25) is 0 Å². The van der Waals surface area contributed by atoms with Gasteiger partial charge >= 0.3 is 0 Å². The zero-order chi connectivity index (χ0) is 13.3. The molecule has 2 heterocycles. The number of halogens is 2. The highest BCUT2D eigenvalue weighted by Crippen LogP contribution is 2.28. The zero-order valence-electron chi connectivity index (χ0n) is 9.94. The maximum Gasteiger partial charge on any atom is 0.244 e. The van der Waals surface area contributed by atoms with E-state index in [1.807, 2.05) is 6.92 Å². The average Bonchev–Trinajstić information content (AvgIpc) is 2.33. The molecule has 1 atom stereocenters. The lowest BCUT2D eigenvalue weighted by Gasteiger charge is -2.32. The molecule has 1 aromatic heterocycles.